The van der Waals surface area contributed by atoms with Crippen LogP contribution in [0, 0.1) is 26.7 Å². The molecule has 100 valence electrons. The Morgan fingerprint density at radius 2 is 1.78 bits per heavy atom. The van der Waals surface area contributed by atoms with E-state index < -0.39 is 15.9 Å². The highest BCUT2D eigenvalue weighted by Crippen LogP contribution is 2.33. The summed E-state index contributed by atoms with van der Waals surface area (Å²) >= 11 is 0. The minimum atomic E-state index is -2.94. The first-order valence-electron chi connectivity index (χ1n) is 6.26. The maximum atomic E-state index is 11.5. The molecule has 1 saturated heterocycles. The summed E-state index contributed by atoms with van der Waals surface area (Å²) in [6.45, 7) is 6.02. The lowest BCUT2D eigenvalue weighted by molar-refractivity contribution is 0.120. The molecule has 3 nitrogen and oxygen atoms in total. The van der Waals surface area contributed by atoms with Gasteiger partial charge in [-0.2, -0.15) is 0 Å². The highest BCUT2D eigenvalue weighted by Gasteiger charge is 2.34. The minimum Gasteiger partial charge on any atom is -0.388 e. The number of aliphatic hydroxyl groups excluding tert-OH is 1. The summed E-state index contributed by atoms with van der Waals surface area (Å²) in [6.07, 6.45) is -0.0999. The first-order valence-corrected chi connectivity index (χ1v) is 8.08. The van der Waals surface area contributed by atoms with Crippen LogP contribution in [0.15, 0.2) is 12.1 Å². The van der Waals surface area contributed by atoms with Gasteiger partial charge in [-0.25, -0.2) is 8.42 Å². The van der Waals surface area contributed by atoms with E-state index in [4.69, 9.17) is 0 Å². The second-order valence-electron chi connectivity index (χ2n) is 5.40. The fourth-order valence-corrected chi connectivity index (χ4v) is 4.46. The fraction of sp³-hybridized carbons (Fsp3) is 0.571. The molecule has 1 aromatic rings. The SMILES string of the molecule is Cc1cc(C)c(C(O)C2CCS(=O)(=O)C2)cc1C. The molecule has 2 atom stereocenters. The van der Waals surface area contributed by atoms with Gasteiger partial charge in [0.25, 0.3) is 0 Å². The first-order chi connectivity index (χ1) is 8.30. The van der Waals surface area contributed by atoms with E-state index in [1.807, 2.05) is 26.8 Å². The molecule has 4 heteroatoms. The largest absolute Gasteiger partial charge is 0.388 e. The first kappa shape index (κ1) is 13.6. The molecule has 1 aromatic carbocycles. The van der Waals surface area contributed by atoms with Crippen molar-refractivity contribution in [3.05, 3.63) is 34.4 Å². The zero-order valence-electron chi connectivity index (χ0n) is 11.1. The Kier molecular flexibility index (Phi) is 3.52. The molecule has 1 N–H and O–H groups in total. The van der Waals surface area contributed by atoms with Gasteiger partial charge in [0, 0.05) is 5.92 Å². The van der Waals surface area contributed by atoms with Gasteiger partial charge in [-0.05, 0) is 49.4 Å². The van der Waals surface area contributed by atoms with E-state index in [9.17, 15) is 13.5 Å². The summed E-state index contributed by atoms with van der Waals surface area (Å²) in [7, 11) is -2.94. The van der Waals surface area contributed by atoms with Crippen molar-refractivity contribution in [2.24, 2.45) is 5.92 Å². The van der Waals surface area contributed by atoms with Crippen LogP contribution in [0.4, 0.5) is 0 Å². The van der Waals surface area contributed by atoms with Crippen LogP contribution in [0.2, 0.25) is 0 Å². The smallest absolute Gasteiger partial charge is 0.150 e. The number of hydrogen-bond acceptors (Lipinski definition) is 3. The standard InChI is InChI=1S/C14H20O3S/c1-9-6-11(3)13(7-10(9)2)14(15)12-4-5-18(16,17)8-12/h6-7,12,14-15H,4-5,8H2,1-3H3. The predicted octanol–water partition coefficient (Wildman–Crippen LogP) is 2.08. The highest BCUT2D eigenvalue weighted by atomic mass is 32.2. The van der Waals surface area contributed by atoms with Crippen LogP contribution < -0.4 is 0 Å². The van der Waals surface area contributed by atoms with Crippen LogP contribution in [0.1, 0.15) is 34.8 Å². The molecule has 2 unspecified atom stereocenters. The van der Waals surface area contributed by atoms with Crippen molar-refractivity contribution in [2.45, 2.75) is 33.3 Å². The van der Waals surface area contributed by atoms with Gasteiger partial charge in [0.05, 0.1) is 17.6 Å². The number of hydrogen-bond donors (Lipinski definition) is 1. The fourth-order valence-electron chi connectivity index (χ4n) is 2.63. The zero-order chi connectivity index (χ0) is 13.5. The Balaban J connectivity index is 2.30. The summed E-state index contributed by atoms with van der Waals surface area (Å²) < 4.78 is 22.9. The second-order valence-corrected chi connectivity index (χ2v) is 7.63. The molecule has 0 bridgehead atoms. The summed E-state index contributed by atoms with van der Waals surface area (Å²) in [5, 5.41) is 10.4. The molecule has 0 saturated carbocycles. The Bertz CT molecular complexity index is 561. The van der Waals surface area contributed by atoms with Crippen LogP contribution >= 0.6 is 0 Å². The Labute approximate surface area is 109 Å². The third-order valence-corrected chi connectivity index (χ3v) is 5.71. The van der Waals surface area contributed by atoms with Crippen LogP contribution in [-0.4, -0.2) is 25.0 Å². The molecule has 0 amide bonds. The van der Waals surface area contributed by atoms with Crippen molar-refractivity contribution < 1.29 is 13.5 Å². The number of aliphatic hydroxyl groups is 1. The minimum absolute atomic E-state index is 0.112. The highest BCUT2D eigenvalue weighted by molar-refractivity contribution is 7.91. The van der Waals surface area contributed by atoms with Crippen LogP contribution in [-0.2, 0) is 9.84 Å². The lowest BCUT2D eigenvalue weighted by atomic mass is 9.90. The molecule has 1 aliphatic heterocycles. The molecule has 0 aromatic heterocycles. The van der Waals surface area contributed by atoms with E-state index in [0.717, 1.165) is 16.7 Å². The monoisotopic (exact) mass is 268 g/mol. The topological polar surface area (TPSA) is 54.4 Å². The van der Waals surface area contributed by atoms with Gasteiger partial charge in [0.1, 0.15) is 0 Å². The van der Waals surface area contributed by atoms with Crippen LogP contribution in [0.25, 0.3) is 0 Å². The lowest BCUT2D eigenvalue weighted by Crippen LogP contribution is -2.15. The molecular weight excluding hydrogens is 248 g/mol. The predicted molar refractivity (Wildman–Crippen MR) is 72.4 cm³/mol. The quantitative estimate of drug-likeness (QED) is 0.893. The van der Waals surface area contributed by atoms with E-state index in [2.05, 4.69) is 6.07 Å². The Morgan fingerprint density at radius 3 is 2.33 bits per heavy atom. The molecule has 18 heavy (non-hydrogen) atoms. The van der Waals surface area contributed by atoms with Gasteiger partial charge < -0.3 is 5.11 Å². The molecule has 1 aliphatic rings. The maximum Gasteiger partial charge on any atom is 0.150 e. The normalized spacial score (nSPS) is 24.1. The van der Waals surface area contributed by atoms with Crippen molar-refractivity contribution in [2.75, 3.05) is 11.5 Å². The Morgan fingerprint density at radius 1 is 1.17 bits per heavy atom. The summed E-state index contributed by atoms with van der Waals surface area (Å²) in [5.74, 6) is 0.162. The Hall–Kier alpha value is -0.870. The van der Waals surface area contributed by atoms with Gasteiger partial charge >= 0.3 is 0 Å². The van der Waals surface area contributed by atoms with Crippen molar-refractivity contribution in [3.63, 3.8) is 0 Å². The van der Waals surface area contributed by atoms with E-state index in [1.54, 1.807) is 0 Å². The van der Waals surface area contributed by atoms with E-state index in [1.165, 1.54) is 5.56 Å². The summed E-state index contributed by atoms with van der Waals surface area (Å²) in [5.41, 5.74) is 4.24. The van der Waals surface area contributed by atoms with E-state index in [-0.39, 0.29) is 17.4 Å². The molecular formula is C14H20O3S. The van der Waals surface area contributed by atoms with Crippen LogP contribution in [0.3, 0.4) is 0 Å². The van der Waals surface area contributed by atoms with Gasteiger partial charge in [-0.3, -0.25) is 0 Å². The van der Waals surface area contributed by atoms with E-state index >= 15 is 0 Å². The second kappa shape index (κ2) is 4.67. The average molecular weight is 268 g/mol. The lowest BCUT2D eigenvalue weighted by Gasteiger charge is -2.20. The maximum absolute atomic E-state index is 11.5. The summed E-state index contributed by atoms with van der Waals surface area (Å²) in [4.78, 5) is 0. The molecule has 1 fully saturated rings. The molecule has 0 aliphatic carbocycles. The van der Waals surface area contributed by atoms with Gasteiger partial charge in [0.2, 0.25) is 0 Å². The number of sulfone groups is 1. The third kappa shape index (κ3) is 2.59. The van der Waals surface area contributed by atoms with Crippen LogP contribution in [0.5, 0.6) is 0 Å². The third-order valence-electron chi connectivity index (χ3n) is 3.92. The molecule has 0 spiro atoms. The number of benzene rings is 1. The van der Waals surface area contributed by atoms with Crippen molar-refractivity contribution in [1.29, 1.82) is 0 Å². The number of rotatable bonds is 2. The van der Waals surface area contributed by atoms with Gasteiger partial charge in [0.15, 0.2) is 9.84 Å². The van der Waals surface area contributed by atoms with Crippen molar-refractivity contribution >= 4 is 9.84 Å². The number of aryl methyl sites for hydroxylation is 3. The zero-order valence-corrected chi connectivity index (χ0v) is 11.9. The van der Waals surface area contributed by atoms with Crippen molar-refractivity contribution in [3.8, 4) is 0 Å². The average Bonchev–Trinajstić information content (AvgIpc) is 2.63. The van der Waals surface area contributed by atoms with Crippen molar-refractivity contribution in [1.82, 2.24) is 0 Å². The summed E-state index contributed by atoms with van der Waals surface area (Å²) in [6, 6.07) is 4.04. The molecule has 0 radical (unpaired) electrons. The molecule has 2 rings (SSSR count). The van der Waals surface area contributed by atoms with E-state index in [0.29, 0.717) is 6.42 Å². The molecule has 1 heterocycles. The van der Waals surface area contributed by atoms with Gasteiger partial charge in [-0.15, -0.1) is 0 Å². The van der Waals surface area contributed by atoms with Gasteiger partial charge in [-0.1, -0.05) is 12.1 Å².